The molecule has 1 aliphatic rings. The van der Waals surface area contributed by atoms with Crippen LogP contribution in [0.5, 0.6) is 0 Å². The van der Waals surface area contributed by atoms with Crippen LogP contribution in [0.25, 0.3) is 0 Å². The number of amides is 1. The molecule has 1 aliphatic heterocycles. The highest BCUT2D eigenvalue weighted by atomic mass is 32.2. The smallest absolute Gasteiger partial charge is 0.252 e. The lowest BCUT2D eigenvalue weighted by molar-refractivity contribution is -0.126. The fraction of sp³-hybridized carbons (Fsp3) is 0.389. The highest BCUT2D eigenvalue weighted by Crippen LogP contribution is 2.27. The van der Waals surface area contributed by atoms with Crippen LogP contribution >= 0.6 is 11.3 Å². The van der Waals surface area contributed by atoms with E-state index in [-0.39, 0.29) is 30.2 Å². The van der Waals surface area contributed by atoms with Crippen molar-refractivity contribution in [1.82, 2.24) is 9.62 Å². The zero-order valence-electron chi connectivity index (χ0n) is 14.4. The molecule has 5 nitrogen and oxygen atoms in total. The molecule has 0 bridgehead atoms. The third-order valence-electron chi connectivity index (χ3n) is 4.57. The predicted molar refractivity (Wildman–Crippen MR) is 98.8 cm³/mol. The van der Waals surface area contributed by atoms with E-state index in [4.69, 9.17) is 0 Å². The fourth-order valence-electron chi connectivity index (χ4n) is 3.08. The van der Waals surface area contributed by atoms with E-state index in [2.05, 4.69) is 5.32 Å². The number of benzene rings is 1. The SMILES string of the molecule is C[C@@H](NC(=O)[C@H]1CCCN(S(=O)(=O)c2cccs2)C1)c1ccc(F)cc1. The lowest BCUT2D eigenvalue weighted by Gasteiger charge is -2.31. The van der Waals surface area contributed by atoms with Gasteiger partial charge in [0.05, 0.1) is 12.0 Å². The number of nitrogens with one attached hydrogen (secondary N) is 1. The number of sulfonamides is 1. The lowest BCUT2D eigenvalue weighted by atomic mass is 9.98. The van der Waals surface area contributed by atoms with Crippen LogP contribution in [0.3, 0.4) is 0 Å². The van der Waals surface area contributed by atoms with Gasteiger partial charge in [0, 0.05) is 13.1 Å². The number of nitrogens with zero attached hydrogens (tertiary/aromatic N) is 1. The molecule has 0 aliphatic carbocycles. The number of carbonyl (C=O) groups is 1. The number of hydrogen-bond donors (Lipinski definition) is 1. The molecular formula is C18H21FN2O3S2. The Kier molecular flexibility index (Phi) is 5.74. The summed E-state index contributed by atoms with van der Waals surface area (Å²) < 4.78 is 40.1. The van der Waals surface area contributed by atoms with E-state index in [0.717, 1.165) is 5.56 Å². The Balaban J connectivity index is 1.65. The monoisotopic (exact) mass is 396 g/mol. The first kappa shape index (κ1) is 19.0. The van der Waals surface area contributed by atoms with Crippen LogP contribution in [0.2, 0.25) is 0 Å². The van der Waals surface area contributed by atoms with Crippen LogP contribution in [-0.2, 0) is 14.8 Å². The Labute approximate surface area is 156 Å². The van der Waals surface area contributed by atoms with Gasteiger partial charge in [-0.1, -0.05) is 18.2 Å². The topological polar surface area (TPSA) is 66.5 Å². The quantitative estimate of drug-likeness (QED) is 0.844. The summed E-state index contributed by atoms with van der Waals surface area (Å²) in [6.45, 7) is 2.44. The van der Waals surface area contributed by atoms with Gasteiger partial charge in [-0.05, 0) is 48.9 Å². The van der Waals surface area contributed by atoms with E-state index in [0.29, 0.717) is 23.6 Å². The molecule has 1 amide bonds. The second kappa shape index (κ2) is 7.85. The molecule has 2 heterocycles. The van der Waals surface area contributed by atoms with Crippen LogP contribution in [0.4, 0.5) is 4.39 Å². The first-order chi connectivity index (χ1) is 12.4. The van der Waals surface area contributed by atoms with Gasteiger partial charge in [0.25, 0.3) is 10.0 Å². The molecule has 3 rings (SSSR count). The zero-order chi connectivity index (χ0) is 18.7. The number of hydrogen-bond acceptors (Lipinski definition) is 4. The van der Waals surface area contributed by atoms with Gasteiger partial charge in [-0.15, -0.1) is 11.3 Å². The van der Waals surface area contributed by atoms with Gasteiger partial charge in [-0.25, -0.2) is 12.8 Å². The average Bonchev–Trinajstić information content (AvgIpc) is 3.18. The Hall–Kier alpha value is -1.77. The molecule has 2 atom stereocenters. The molecule has 1 aromatic carbocycles. The Morgan fingerprint density at radius 3 is 2.69 bits per heavy atom. The van der Waals surface area contributed by atoms with Crippen LogP contribution in [-0.4, -0.2) is 31.7 Å². The van der Waals surface area contributed by atoms with Gasteiger partial charge < -0.3 is 5.32 Å². The van der Waals surface area contributed by atoms with Crippen molar-refractivity contribution in [2.24, 2.45) is 5.92 Å². The highest BCUT2D eigenvalue weighted by molar-refractivity contribution is 7.91. The van der Waals surface area contributed by atoms with Crippen molar-refractivity contribution >= 4 is 27.3 Å². The average molecular weight is 397 g/mol. The molecule has 2 aromatic rings. The van der Waals surface area contributed by atoms with Gasteiger partial charge in [0.2, 0.25) is 5.91 Å². The summed E-state index contributed by atoms with van der Waals surface area (Å²) in [5.41, 5.74) is 0.804. The molecule has 1 saturated heterocycles. The summed E-state index contributed by atoms with van der Waals surface area (Å²) >= 11 is 1.18. The first-order valence-corrected chi connectivity index (χ1v) is 10.8. The second-order valence-electron chi connectivity index (χ2n) is 6.42. The Bertz CT molecular complexity index is 851. The molecule has 1 N–H and O–H groups in total. The maximum absolute atomic E-state index is 13.0. The fourth-order valence-corrected chi connectivity index (χ4v) is 5.75. The number of halogens is 1. The van der Waals surface area contributed by atoms with Gasteiger partial charge >= 0.3 is 0 Å². The number of thiophene rings is 1. The lowest BCUT2D eigenvalue weighted by Crippen LogP contribution is -2.45. The van der Waals surface area contributed by atoms with Crippen molar-refractivity contribution in [3.8, 4) is 0 Å². The van der Waals surface area contributed by atoms with Gasteiger partial charge in [-0.2, -0.15) is 4.31 Å². The molecule has 0 saturated carbocycles. The van der Waals surface area contributed by atoms with Crippen molar-refractivity contribution in [3.05, 3.63) is 53.2 Å². The summed E-state index contributed by atoms with van der Waals surface area (Å²) in [5.74, 6) is -0.886. The van der Waals surface area contributed by atoms with Gasteiger partial charge in [0.1, 0.15) is 10.0 Å². The maximum Gasteiger partial charge on any atom is 0.252 e. The summed E-state index contributed by atoms with van der Waals surface area (Å²) in [4.78, 5) is 12.6. The third kappa shape index (κ3) is 4.13. The third-order valence-corrected chi connectivity index (χ3v) is 7.81. The van der Waals surface area contributed by atoms with Crippen molar-refractivity contribution in [1.29, 1.82) is 0 Å². The molecule has 0 unspecified atom stereocenters. The molecular weight excluding hydrogens is 375 g/mol. The van der Waals surface area contributed by atoms with Crippen LogP contribution in [0, 0.1) is 11.7 Å². The second-order valence-corrected chi connectivity index (χ2v) is 9.53. The summed E-state index contributed by atoms with van der Waals surface area (Å²) in [6, 6.07) is 8.99. The Morgan fingerprint density at radius 2 is 2.04 bits per heavy atom. The van der Waals surface area contributed by atoms with E-state index in [9.17, 15) is 17.6 Å². The zero-order valence-corrected chi connectivity index (χ0v) is 16.0. The highest BCUT2D eigenvalue weighted by Gasteiger charge is 2.34. The van der Waals surface area contributed by atoms with E-state index in [1.54, 1.807) is 29.6 Å². The maximum atomic E-state index is 13.0. The summed E-state index contributed by atoms with van der Waals surface area (Å²) in [6.07, 6.45) is 1.30. The van der Waals surface area contributed by atoms with Crippen molar-refractivity contribution in [2.75, 3.05) is 13.1 Å². The van der Waals surface area contributed by atoms with E-state index < -0.39 is 10.0 Å². The van der Waals surface area contributed by atoms with Gasteiger partial charge in [0.15, 0.2) is 0 Å². The van der Waals surface area contributed by atoms with Crippen molar-refractivity contribution in [2.45, 2.75) is 30.0 Å². The molecule has 8 heteroatoms. The van der Waals surface area contributed by atoms with Crippen LogP contribution in [0.15, 0.2) is 46.0 Å². The van der Waals surface area contributed by atoms with Crippen LogP contribution in [0.1, 0.15) is 31.4 Å². The normalized spacial score (nSPS) is 19.8. The van der Waals surface area contributed by atoms with Crippen LogP contribution < -0.4 is 5.32 Å². The predicted octanol–water partition coefficient (Wildman–Crippen LogP) is 3.17. The molecule has 1 aromatic heterocycles. The molecule has 0 radical (unpaired) electrons. The number of piperidine rings is 1. The van der Waals surface area contributed by atoms with E-state index in [1.165, 1.54) is 27.8 Å². The minimum absolute atomic E-state index is 0.173. The van der Waals surface area contributed by atoms with Crippen molar-refractivity contribution < 1.29 is 17.6 Å². The summed E-state index contributed by atoms with van der Waals surface area (Å²) in [5, 5.41) is 4.64. The molecule has 26 heavy (non-hydrogen) atoms. The minimum Gasteiger partial charge on any atom is -0.349 e. The van der Waals surface area contributed by atoms with E-state index in [1.807, 2.05) is 6.92 Å². The van der Waals surface area contributed by atoms with Crippen molar-refractivity contribution in [3.63, 3.8) is 0 Å². The Morgan fingerprint density at radius 1 is 1.31 bits per heavy atom. The largest absolute Gasteiger partial charge is 0.349 e. The number of rotatable bonds is 5. The first-order valence-electron chi connectivity index (χ1n) is 8.47. The number of carbonyl (C=O) groups excluding carboxylic acids is 1. The minimum atomic E-state index is -3.54. The standard InChI is InChI=1S/C18H21FN2O3S2/c1-13(14-6-8-16(19)9-7-14)20-18(22)15-4-2-10-21(12-15)26(23,24)17-5-3-11-25-17/h3,5-9,11,13,15H,2,4,10,12H2,1H3,(H,20,22)/t13-,15+/m1/s1. The summed E-state index contributed by atoms with van der Waals surface area (Å²) in [7, 11) is -3.54. The molecule has 1 fully saturated rings. The molecule has 0 spiro atoms. The molecule has 140 valence electrons. The van der Waals surface area contributed by atoms with E-state index >= 15 is 0 Å². The van der Waals surface area contributed by atoms with Gasteiger partial charge in [-0.3, -0.25) is 4.79 Å².